The summed E-state index contributed by atoms with van der Waals surface area (Å²) in [6.07, 6.45) is 1.56. The molecule has 150 valence electrons. The molecule has 2 N–H and O–H groups in total. The van der Waals surface area contributed by atoms with E-state index < -0.39 is 0 Å². The van der Waals surface area contributed by atoms with Crippen LogP contribution in [0.2, 0.25) is 0 Å². The highest BCUT2D eigenvalue weighted by atomic mass is 32.1. The number of anilines is 1. The lowest BCUT2D eigenvalue weighted by molar-refractivity contribution is 0.355. The lowest BCUT2D eigenvalue weighted by atomic mass is 10.2. The summed E-state index contributed by atoms with van der Waals surface area (Å²) < 4.78 is 26.5. The third-order valence-corrected chi connectivity index (χ3v) is 3.95. The molecule has 0 saturated heterocycles. The van der Waals surface area contributed by atoms with Gasteiger partial charge in [0.25, 0.3) is 0 Å². The Morgan fingerprint density at radius 2 is 1.43 bits per heavy atom. The van der Waals surface area contributed by atoms with Crippen molar-refractivity contribution in [2.75, 3.05) is 40.9 Å². The standard InChI is InChI=1S/C19H23N3O5S/c1-23-13-9-16(25-3)14(17(10-13)26-4)11-20-22-19(28)21-12-6-7-15(24-2)18(8-12)27-5/h6-11H,1-5H3,(H2,21,22,28)/b20-11-. The number of rotatable bonds is 8. The van der Waals surface area contributed by atoms with E-state index >= 15 is 0 Å². The summed E-state index contributed by atoms with van der Waals surface area (Å²) >= 11 is 5.26. The van der Waals surface area contributed by atoms with E-state index in [2.05, 4.69) is 15.8 Å². The zero-order valence-electron chi connectivity index (χ0n) is 16.4. The van der Waals surface area contributed by atoms with Crippen molar-refractivity contribution < 1.29 is 23.7 Å². The van der Waals surface area contributed by atoms with Crippen LogP contribution in [0.4, 0.5) is 5.69 Å². The molecule has 8 nitrogen and oxygen atoms in total. The number of hydrogen-bond donors (Lipinski definition) is 2. The lowest BCUT2D eigenvalue weighted by Crippen LogP contribution is -2.23. The molecular weight excluding hydrogens is 382 g/mol. The maximum atomic E-state index is 5.38. The molecule has 0 atom stereocenters. The molecule has 2 aromatic rings. The van der Waals surface area contributed by atoms with E-state index in [0.29, 0.717) is 39.4 Å². The fourth-order valence-electron chi connectivity index (χ4n) is 2.39. The van der Waals surface area contributed by atoms with Gasteiger partial charge in [0, 0.05) is 23.9 Å². The van der Waals surface area contributed by atoms with E-state index in [1.165, 1.54) is 0 Å². The predicted molar refractivity (Wildman–Crippen MR) is 113 cm³/mol. The first-order valence-electron chi connectivity index (χ1n) is 8.18. The Bertz CT molecular complexity index is 832. The highest BCUT2D eigenvalue weighted by Crippen LogP contribution is 2.32. The molecule has 0 fully saturated rings. The molecule has 0 aromatic heterocycles. The van der Waals surface area contributed by atoms with Crippen LogP contribution in [0.25, 0.3) is 0 Å². The Balaban J connectivity index is 2.09. The van der Waals surface area contributed by atoms with Crippen molar-refractivity contribution in [1.29, 1.82) is 0 Å². The first-order chi connectivity index (χ1) is 13.6. The van der Waals surface area contributed by atoms with Crippen molar-refractivity contribution >= 4 is 29.2 Å². The quantitative estimate of drug-likeness (QED) is 0.394. The van der Waals surface area contributed by atoms with Gasteiger partial charge in [-0.3, -0.25) is 5.43 Å². The van der Waals surface area contributed by atoms with Crippen molar-refractivity contribution in [2.24, 2.45) is 5.10 Å². The fraction of sp³-hybridized carbons (Fsp3) is 0.263. The molecule has 2 aromatic carbocycles. The van der Waals surface area contributed by atoms with Gasteiger partial charge in [-0.1, -0.05) is 0 Å². The molecule has 0 aliphatic carbocycles. The monoisotopic (exact) mass is 405 g/mol. The Hall–Kier alpha value is -3.20. The molecule has 0 aliphatic rings. The molecule has 0 saturated carbocycles. The van der Waals surface area contributed by atoms with E-state index in [9.17, 15) is 0 Å². The highest BCUT2D eigenvalue weighted by molar-refractivity contribution is 7.80. The van der Waals surface area contributed by atoms with E-state index in [1.807, 2.05) is 6.07 Å². The normalized spacial score (nSPS) is 10.3. The second-order valence-electron chi connectivity index (χ2n) is 5.34. The first-order valence-corrected chi connectivity index (χ1v) is 8.59. The second-order valence-corrected chi connectivity index (χ2v) is 5.75. The van der Waals surface area contributed by atoms with Gasteiger partial charge in [0.15, 0.2) is 16.6 Å². The molecule has 0 amide bonds. The molecule has 0 unspecified atom stereocenters. The van der Waals surface area contributed by atoms with Gasteiger partial charge >= 0.3 is 0 Å². The maximum absolute atomic E-state index is 5.38. The van der Waals surface area contributed by atoms with E-state index in [0.717, 1.165) is 5.69 Å². The average molecular weight is 405 g/mol. The molecule has 0 radical (unpaired) electrons. The third kappa shape index (κ3) is 5.17. The minimum atomic E-state index is 0.301. The van der Waals surface area contributed by atoms with Crippen molar-refractivity contribution in [3.63, 3.8) is 0 Å². The van der Waals surface area contributed by atoms with Gasteiger partial charge in [-0.2, -0.15) is 5.10 Å². The molecular formula is C19H23N3O5S. The summed E-state index contributed by atoms with van der Waals surface area (Å²) in [6.45, 7) is 0. The summed E-state index contributed by atoms with van der Waals surface area (Å²) in [5.41, 5.74) is 4.12. The van der Waals surface area contributed by atoms with E-state index in [-0.39, 0.29) is 0 Å². The zero-order valence-corrected chi connectivity index (χ0v) is 17.2. The number of ether oxygens (including phenoxy) is 5. The van der Waals surface area contributed by atoms with Crippen molar-refractivity contribution in [1.82, 2.24) is 5.43 Å². The van der Waals surface area contributed by atoms with Gasteiger partial charge < -0.3 is 29.0 Å². The lowest BCUT2D eigenvalue weighted by Gasteiger charge is -2.13. The summed E-state index contributed by atoms with van der Waals surface area (Å²) in [6, 6.07) is 8.84. The first kappa shape index (κ1) is 21.1. The summed E-state index contributed by atoms with van der Waals surface area (Å²) in [4.78, 5) is 0. The molecule has 9 heteroatoms. The van der Waals surface area contributed by atoms with Crippen LogP contribution in [-0.4, -0.2) is 46.9 Å². The van der Waals surface area contributed by atoms with Crippen LogP contribution in [-0.2, 0) is 0 Å². The molecule has 2 rings (SSSR count). The van der Waals surface area contributed by atoms with Crippen molar-refractivity contribution in [3.8, 4) is 28.7 Å². The summed E-state index contributed by atoms with van der Waals surface area (Å²) in [7, 11) is 7.83. The van der Waals surface area contributed by atoms with Crippen LogP contribution in [0.3, 0.4) is 0 Å². The van der Waals surface area contributed by atoms with Crippen LogP contribution in [0.1, 0.15) is 5.56 Å². The predicted octanol–water partition coefficient (Wildman–Crippen LogP) is 3.05. The van der Waals surface area contributed by atoms with Gasteiger partial charge in [-0.15, -0.1) is 0 Å². The zero-order chi connectivity index (χ0) is 20.5. The maximum Gasteiger partial charge on any atom is 0.191 e. The van der Waals surface area contributed by atoms with E-state index in [4.69, 9.17) is 35.9 Å². The molecule has 28 heavy (non-hydrogen) atoms. The minimum absolute atomic E-state index is 0.301. The molecule has 0 bridgehead atoms. The Morgan fingerprint density at radius 3 is 1.96 bits per heavy atom. The van der Waals surface area contributed by atoms with Crippen molar-refractivity contribution in [3.05, 3.63) is 35.9 Å². The third-order valence-electron chi connectivity index (χ3n) is 3.75. The Labute approximate surface area is 169 Å². The van der Waals surface area contributed by atoms with Gasteiger partial charge in [0.2, 0.25) is 0 Å². The molecule has 0 aliphatic heterocycles. The Kier molecular flexibility index (Phi) is 7.70. The summed E-state index contributed by atoms with van der Waals surface area (Å²) in [5, 5.41) is 7.47. The molecule has 0 spiro atoms. The number of nitrogens with one attached hydrogen (secondary N) is 2. The SMILES string of the molecule is COc1cc(OC)c(/C=N\NC(=S)Nc2ccc(OC)c(OC)c2)c(OC)c1. The Morgan fingerprint density at radius 1 is 0.821 bits per heavy atom. The van der Waals surface area contributed by atoms with Crippen LogP contribution in [0, 0.1) is 0 Å². The number of hydrogen-bond acceptors (Lipinski definition) is 7. The van der Waals surface area contributed by atoms with E-state index in [1.54, 1.807) is 66.0 Å². The second kappa shape index (κ2) is 10.2. The number of nitrogens with zero attached hydrogens (tertiary/aromatic N) is 1. The van der Waals surface area contributed by atoms with Crippen LogP contribution in [0.5, 0.6) is 28.7 Å². The van der Waals surface area contributed by atoms with Gasteiger partial charge in [-0.05, 0) is 24.4 Å². The highest BCUT2D eigenvalue weighted by Gasteiger charge is 2.11. The van der Waals surface area contributed by atoms with Gasteiger partial charge in [0.05, 0.1) is 47.3 Å². The number of thiocarbonyl (C=S) groups is 1. The van der Waals surface area contributed by atoms with Crippen LogP contribution >= 0.6 is 12.2 Å². The fourth-order valence-corrected chi connectivity index (χ4v) is 2.56. The van der Waals surface area contributed by atoms with Gasteiger partial charge in [-0.25, -0.2) is 0 Å². The number of methoxy groups -OCH3 is 5. The minimum Gasteiger partial charge on any atom is -0.496 e. The topological polar surface area (TPSA) is 82.6 Å². The average Bonchev–Trinajstić information content (AvgIpc) is 2.73. The smallest absolute Gasteiger partial charge is 0.191 e. The van der Waals surface area contributed by atoms with Crippen LogP contribution < -0.4 is 34.4 Å². The number of benzene rings is 2. The van der Waals surface area contributed by atoms with Crippen LogP contribution in [0.15, 0.2) is 35.4 Å². The van der Waals surface area contributed by atoms with Crippen molar-refractivity contribution in [2.45, 2.75) is 0 Å². The van der Waals surface area contributed by atoms with Gasteiger partial charge in [0.1, 0.15) is 17.2 Å². The molecule has 0 heterocycles. The number of hydrazone groups is 1. The largest absolute Gasteiger partial charge is 0.496 e. The summed E-state index contributed by atoms with van der Waals surface area (Å²) in [5.74, 6) is 2.95.